The molecule has 0 aliphatic carbocycles. The summed E-state index contributed by atoms with van der Waals surface area (Å²) in [5.74, 6) is -1.52. The number of anilines is 1. The normalized spacial score (nSPS) is 16.5. The first-order chi connectivity index (χ1) is 14.6. The summed E-state index contributed by atoms with van der Waals surface area (Å²) in [6, 6.07) is 25.1. The Morgan fingerprint density at radius 2 is 1.50 bits per heavy atom. The molecule has 0 spiro atoms. The van der Waals surface area contributed by atoms with Gasteiger partial charge in [-0.15, -0.1) is 0 Å². The van der Waals surface area contributed by atoms with Crippen LogP contribution in [0.5, 0.6) is 0 Å². The third kappa shape index (κ3) is 3.84. The Morgan fingerprint density at radius 1 is 0.900 bits per heavy atom. The molecule has 1 amide bonds. The number of allylic oxidation sites excluding steroid dienone is 1. The van der Waals surface area contributed by atoms with Crippen molar-refractivity contribution in [1.29, 1.82) is 0 Å². The molecule has 30 heavy (non-hydrogen) atoms. The van der Waals surface area contributed by atoms with Crippen molar-refractivity contribution in [2.75, 3.05) is 4.90 Å². The molecule has 3 aromatic rings. The van der Waals surface area contributed by atoms with E-state index in [1.165, 1.54) is 11.0 Å². The van der Waals surface area contributed by atoms with Crippen LogP contribution < -0.4 is 4.90 Å². The zero-order valence-corrected chi connectivity index (χ0v) is 17.5. The monoisotopic (exact) mass is 459 g/mol. The van der Waals surface area contributed by atoms with Crippen LogP contribution in [0.15, 0.2) is 107 Å². The Bertz CT molecular complexity index is 1140. The van der Waals surface area contributed by atoms with E-state index in [0.717, 1.165) is 15.6 Å². The fourth-order valence-corrected chi connectivity index (χ4v) is 3.76. The molecule has 0 aromatic heterocycles. The molecule has 148 valence electrons. The molecule has 0 bridgehead atoms. The van der Waals surface area contributed by atoms with Gasteiger partial charge in [-0.3, -0.25) is 14.5 Å². The number of hydrogen-bond donors (Lipinski definition) is 1. The maximum atomic E-state index is 13.1. The quantitative estimate of drug-likeness (QED) is 0.502. The van der Waals surface area contributed by atoms with Crippen molar-refractivity contribution in [3.8, 4) is 0 Å². The number of aliphatic hydroxyl groups is 1. The van der Waals surface area contributed by atoms with Crippen LogP contribution in [0, 0.1) is 0 Å². The lowest BCUT2D eigenvalue weighted by Gasteiger charge is -2.26. The summed E-state index contributed by atoms with van der Waals surface area (Å²) in [6.07, 6.45) is 3.07. The van der Waals surface area contributed by atoms with Gasteiger partial charge in [0.1, 0.15) is 0 Å². The van der Waals surface area contributed by atoms with E-state index in [0.29, 0.717) is 5.69 Å². The Morgan fingerprint density at radius 3 is 2.13 bits per heavy atom. The molecular formula is C25H18BrNO3. The summed E-state index contributed by atoms with van der Waals surface area (Å²) in [4.78, 5) is 27.5. The second kappa shape index (κ2) is 8.51. The maximum Gasteiger partial charge on any atom is 0.294 e. The predicted octanol–water partition coefficient (Wildman–Crippen LogP) is 5.63. The van der Waals surface area contributed by atoms with Crippen molar-refractivity contribution in [1.82, 2.24) is 0 Å². The molecular weight excluding hydrogens is 442 g/mol. The maximum absolute atomic E-state index is 13.1. The van der Waals surface area contributed by atoms with Crippen molar-refractivity contribution in [2.45, 2.75) is 6.04 Å². The highest BCUT2D eigenvalue weighted by atomic mass is 79.9. The molecule has 3 aromatic carbocycles. The topological polar surface area (TPSA) is 57.6 Å². The average Bonchev–Trinajstić information content (AvgIpc) is 3.04. The van der Waals surface area contributed by atoms with Gasteiger partial charge >= 0.3 is 0 Å². The van der Waals surface area contributed by atoms with Crippen molar-refractivity contribution in [3.63, 3.8) is 0 Å². The largest absolute Gasteiger partial charge is 0.503 e. The number of para-hydroxylation sites is 1. The standard InChI is InChI=1S/C25H18BrNO3/c26-19-14-12-18(13-15-19)23-22(21(28)16-11-17-7-3-1-4-8-17)24(29)25(30)27(23)20-9-5-2-6-10-20/h1-16,23,29H. The minimum Gasteiger partial charge on any atom is -0.503 e. The van der Waals surface area contributed by atoms with Crippen molar-refractivity contribution < 1.29 is 14.7 Å². The number of hydrogen-bond acceptors (Lipinski definition) is 3. The molecule has 1 atom stereocenters. The van der Waals surface area contributed by atoms with Gasteiger partial charge in [0.15, 0.2) is 11.5 Å². The Labute approximate surface area is 182 Å². The Balaban J connectivity index is 1.78. The highest BCUT2D eigenvalue weighted by molar-refractivity contribution is 9.10. The molecule has 4 nitrogen and oxygen atoms in total. The smallest absolute Gasteiger partial charge is 0.294 e. The second-order valence-corrected chi connectivity index (χ2v) is 7.75. The minimum atomic E-state index is -0.721. The number of aliphatic hydroxyl groups excluding tert-OH is 1. The Hall–Kier alpha value is -3.44. The van der Waals surface area contributed by atoms with Gasteiger partial charge in [-0.05, 0) is 41.5 Å². The molecule has 0 saturated heterocycles. The SMILES string of the molecule is O=C(C=Cc1ccccc1)C1=C(O)C(=O)N(c2ccccc2)C1c1ccc(Br)cc1. The van der Waals surface area contributed by atoms with Crippen LogP contribution in [0.25, 0.3) is 6.08 Å². The van der Waals surface area contributed by atoms with Crippen LogP contribution in [-0.2, 0) is 9.59 Å². The summed E-state index contributed by atoms with van der Waals surface area (Å²) < 4.78 is 0.881. The lowest BCUT2D eigenvalue weighted by atomic mass is 9.95. The number of nitrogens with zero attached hydrogens (tertiary/aromatic N) is 1. The summed E-state index contributed by atoms with van der Waals surface area (Å²) >= 11 is 3.41. The number of amides is 1. The summed E-state index contributed by atoms with van der Waals surface area (Å²) in [6.45, 7) is 0. The third-order valence-electron chi connectivity index (χ3n) is 4.92. The van der Waals surface area contributed by atoms with E-state index in [-0.39, 0.29) is 5.57 Å². The first kappa shape index (κ1) is 19.9. The van der Waals surface area contributed by atoms with Crippen LogP contribution in [0.2, 0.25) is 0 Å². The number of ketones is 1. The fourth-order valence-electron chi connectivity index (χ4n) is 3.50. The molecule has 0 radical (unpaired) electrons. The zero-order chi connectivity index (χ0) is 21.1. The zero-order valence-electron chi connectivity index (χ0n) is 15.9. The number of benzene rings is 3. The molecule has 1 N–H and O–H groups in total. The van der Waals surface area contributed by atoms with Crippen LogP contribution in [0.4, 0.5) is 5.69 Å². The first-order valence-electron chi connectivity index (χ1n) is 9.41. The van der Waals surface area contributed by atoms with Gasteiger partial charge in [-0.2, -0.15) is 0 Å². The van der Waals surface area contributed by atoms with Crippen LogP contribution >= 0.6 is 15.9 Å². The number of carbonyl (C=O) groups is 2. The van der Waals surface area contributed by atoms with Gasteiger partial charge in [0.25, 0.3) is 5.91 Å². The first-order valence-corrected chi connectivity index (χ1v) is 10.2. The summed E-state index contributed by atoms with van der Waals surface area (Å²) in [5, 5.41) is 10.7. The van der Waals surface area contributed by atoms with Crippen molar-refractivity contribution in [2.24, 2.45) is 0 Å². The minimum absolute atomic E-state index is 0.0679. The van der Waals surface area contributed by atoms with E-state index >= 15 is 0 Å². The third-order valence-corrected chi connectivity index (χ3v) is 5.45. The van der Waals surface area contributed by atoms with Gasteiger partial charge in [0.05, 0.1) is 11.6 Å². The summed E-state index contributed by atoms with van der Waals surface area (Å²) in [7, 11) is 0. The van der Waals surface area contributed by atoms with Crippen LogP contribution in [0.3, 0.4) is 0 Å². The molecule has 5 heteroatoms. The molecule has 4 rings (SSSR count). The van der Waals surface area contributed by atoms with Crippen molar-refractivity contribution >= 4 is 39.4 Å². The van der Waals surface area contributed by atoms with E-state index in [1.54, 1.807) is 18.2 Å². The molecule has 1 unspecified atom stereocenters. The van der Waals surface area contributed by atoms with Gasteiger partial charge in [-0.1, -0.05) is 82.7 Å². The highest BCUT2D eigenvalue weighted by Gasteiger charge is 2.43. The number of halogens is 1. The van der Waals surface area contributed by atoms with Crippen LogP contribution in [-0.4, -0.2) is 16.8 Å². The van der Waals surface area contributed by atoms with Gasteiger partial charge in [0, 0.05) is 10.2 Å². The molecule has 0 saturated carbocycles. The van der Waals surface area contributed by atoms with E-state index < -0.39 is 23.5 Å². The van der Waals surface area contributed by atoms with Gasteiger partial charge in [0.2, 0.25) is 0 Å². The molecule has 1 aliphatic rings. The number of rotatable bonds is 5. The Kier molecular flexibility index (Phi) is 5.63. The lowest BCUT2D eigenvalue weighted by molar-refractivity contribution is -0.117. The molecule has 1 heterocycles. The van der Waals surface area contributed by atoms with Crippen LogP contribution in [0.1, 0.15) is 17.2 Å². The van der Waals surface area contributed by atoms with E-state index in [4.69, 9.17) is 0 Å². The number of carbonyl (C=O) groups excluding carboxylic acids is 2. The van der Waals surface area contributed by atoms with E-state index in [1.807, 2.05) is 72.8 Å². The van der Waals surface area contributed by atoms with Crippen molar-refractivity contribution in [3.05, 3.63) is 118 Å². The van der Waals surface area contributed by atoms with Gasteiger partial charge in [-0.25, -0.2) is 0 Å². The predicted molar refractivity (Wildman–Crippen MR) is 121 cm³/mol. The highest BCUT2D eigenvalue weighted by Crippen LogP contribution is 2.41. The lowest BCUT2D eigenvalue weighted by Crippen LogP contribution is -2.30. The fraction of sp³-hybridized carbons (Fsp3) is 0.0400. The van der Waals surface area contributed by atoms with Gasteiger partial charge < -0.3 is 5.11 Å². The van der Waals surface area contributed by atoms with E-state index in [9.17, 15) is 14.7 Å². The average molecular weight is 460 g/mol. The molecule has 1 aliphatic heterocycles. The second-order valence-electron chi connectivity index (χ2n) is 6.84. The van der Waals surface area contributed by atoms with E-state index in [2.05, 4.69) is 15.9 Å². The summed E-state index contributed by atoms with van der Waals surface area (Å²) in [5.41, 5.74) is 2.27. The molecule has 0 fully saturated rings.